The summed E-state index contributed by atoms with van der Waals surface area (Å²) in [6.07, 6.45) is -2.92. The quantitative estimate of drug-likeness (QED) is 0.422. The number of Topliss-reactive ketones (excluding diaryl/α,β-unsaturated/α-hetero) is 1. The minimum atomic E-state index is -4.53. The van der Waals surface area contributed by atoms with Gasteiger partial charge in [-0.3, -0.25) is 19.2 Å². The van der Waals surface area contributed by atoms with Crippen molar-refractivity contribution in [1.29, 1.82) is 0 Å². The van der Waals surface area contributed by atoms with Gasteiger partial charge in [0.1, 0.15) is 11.9 Å². The highest BCUT2D eigenvalue weighted by molar-refractivity contribution is 7.90. The molecule has 2 aromatic heterocycles. The number of hydrogen-bond donors (Lipinski definition) is 1. The number of thiophene rings is 1. The number of carbonyl (C=O) groups excluding carboxylic acids is 2. The number of hydrogen-bond acceptors (Lipinski definition) is 8. The van der Waals surface area contributed by atoms with Gasteiger partial charge in [0.25, 0.3) is 0 Å². The third-order valence-electron chi connectivity index (χ3n) is 5.61. The molecule has 9 nitrogen and oxygen atoms in total. The van der Waals surface area contributed by atoms with Gasteiger partial charge >= 0.3 is 16.4 Å². The van der Waals surface area contributed by atoms with Crippen molar-refractivity contribution in [3.8, 4) is 0 Å². The fourth-order valence-corrected chi connectivity index (χ4v) is 5.22. The lowest BCUT2D eigenvalue weighted by Crippen LogP contribution is -2.51. The molecule has 1 saturated heterocycles. The lowest BCUT2D eigenvalue weighted by atomic mass is 9.91. The molecule has 0 amide bonds. The summed E-state index contributed by atoms with van der Waals surface area (Å²) in [4.78, 5) is 31.3. The van der Waals surface area contributed by atoms with E-state index in [1.54, 1.807) is 19.9 Å². The standard InChI is InChI=1S/C20H24F3N5O4S2/c1-19(2)18(15(30)10-29)28(17-8-14(11-33-17)20(21,22)23)12-27(19)9-13-5-6-24-16(7-13)25-34(31,32)26(3)4/h5-8,10-11,18H,9,12H2,1-4H3,(H,24,25). The third-order valence-corrected chi connectivity index (χ3v) is 8.01. The maximum Gasteiger partial charge on any atom is 0.417 e. The second kappa shape index (κ2) is 9.24. The van der Waals surface area contributed by atoms with Crippen LogP contribution in [0, 0.1) is 0 Å². The molecule has 0 aliphatic carbocycles. The summed E-state index contributed by atoms with van der Waals surface area (Å²) in [6.45, 7) is 3.77. The normalized spacial score (nSPS) is 18.9. The molecule has 0 aromatic carbocycles. The molecule has 14 heteroatoms. The SMILES string of the molecule is CN(C)S(=O)(=O)Nc1cc(CN2CN(c3cc(C(F)(F)F)cs3)C(C(=O)C=O)C2(C)C)ccn1. The second-order valence-electron chi connectivity index (χ2n) is 8.50. The van der Waals surface area contributed by atoms with Gasteiger partial charge in [0.2, 0.25) is 5.78 Å². The highest BCUT2D eigenvalue weighted by Crippen LogP contribution is 2.42. The van der Waals surface area contributed by atoms with Crippen LogP contribution >= 0.6 is 11.3 Å². The van der Waals surface area contributed by atoms with Gasteiger partial charge in [0.15, 0.2) is 6.29 Å². The summed E-state index contributed by atoms with van der Waals surface area (Å²) in [7, 11) is -1.04. The van der Waals surface area contributed by atoms with E-state index in [9.17, 15) is 31.2 Å². The zero-order valence-electron chi connectivity index (χ0n) is 18.8. The van der Waals surface area contributed by atoms with Gasteiger partial charge in [0.05, 0.1) is 17.2 Å². The Labute approximate surface area is 199 Å². The number of carbonyl (C=O) groups is 2. The maximum absolute atomic E-state index is 13.1. The van der Waals surface area contributed by atoms with Gasteiger partial charge in [-0.05, 0) is 37.6 Å². The Balaban J connectivity index is 1.91. The van der Waals surface area contributed by atoms with E-state index in [-0.39, 0.29) is 30.3 Å². The van der Waals surface area contributed by atoms with E-state index in [4.69, 9.17) is 0 Å². The Morgan fingerprint density at radius 3 is 2.59 bits per heavy atom. The molecule has 186 valence electrons. The topological polar surface area (TPSA) is 103 Å². The van der Waals surface area contributed by atoms with Crippen molar-refractivity contribution in [2.45, 2.75) is 38.1 Å². The molecule has 3 heterocycles. The number of nitrogens with one attached hydrogen (secondary N) is 1. The highest BCUT2D eigenvalue weighted by Gasteiger charge is 2.50. The number of pyridine rings is 1. The first-order chi connectivity index (χ1) is 15.7. The molecule has 0 bridgehead atoms. The van der Waals surface area contributed by atoms with Crippen molar-refractivity contribution in [1.82, 2.24) is 14.2 Å². The number of ketones is 1. The molecule has 1 fully saturated rings. The van der Waals surface area contributed by atoms with Gasteiger partial charge in [-0.1, -0.05) is 0 Å². The van der Waals surface area contributed by atoms with Crippen molar-refractivity contribution in [3.05, 3.63) is 40.9 Å². The number of halogens is 3. The van der Waals surface area contributed by atoms with Crippen molar-refractivity contribution in [3.63, 3.8) is 0 Å². The summed E-state index contributed by atoms with van der Waals surface area (Å²) < 4.78 is 66.9. The minimum absolute atomic E-state index is 0.0795. The molecule has 1 aliphatic heterocycles. The molecule has 1 atom stereocenters. The van der Waals surface area contributed by atoms with E-state index in [0.717, 1.165) is 27.1 Å². The molecule has 0 radical (unpaired) electrons. The van der Waals surface area contributed by atoms with Crippen LogP contribution < -0.4 is 9.62 Å². The second-order valence-corrected chi connectivity index (χ2v) is 11.3. The first kappa shape index (κ1) is 26.1. The molecule has 1 aliphatic rings. The van der Waals surface area contributed by atoms with Crippen LogP contribution in [0.5, 0.6) is 0 Å². The van der Waals surface area contributed by atoms with Crippen LogP contribution in [0.3, 0.4) is 0 Å². The number of alkyl halides is 3. The first-order valence-corrected chi connectivity index (χ1v) is 12.3. The average Bonchev–Trinajstić information content (AvgIpc) is 3.31. The van der Waals surface area contributed by atoms with Gasteiger partial charge < -0.3 is 4.90 Å². The van der Waals surface area contributed by atoms with E-state index in [1.807, 2.05) is 4.90 Å². The summed E-state index contributed by atoms with van der Waals surface area (Å²) in [5, 5.41) is 1.19. The maximum atomic E-state index is 13.1. The summed E-state index contributed by atoms with van der Waals surface area (Å²) >= 11 is 0.846. The van der Waals surface area contributed by atoms with Crippen LogP contribution in [-0.2, 0) is 32.5 Å². The highest BCUT2D eigenvalue weighted by atomic mass is 32.2. The molecule has 2 aromatic rings. The monoisotopic (exact) mass is 519 g/mol. The molecule has 1 unspecified atom stereocenters. The van der Waals surface area contributed by atoms with Crippen molar-refractivity contribution in [2.24, 2.45) is 0 Å². The lowest BCUT2D eigenvalue weighted by molar-refractivity contribution is -0.137. The molecule has 1 N–H and O–H groups in total. The fourth-order valence-electron chi connectivity index (χ4n) is 3.72. The molecule has 0 spiro atoms. The minimum Gasteiger partial charge on any atom is -0.338 e. The molecule has 0 saturated carbocycles. The number of rotatable bonds is 8. The van der Waals surface area contributed by atoms with Crippen LogP contribution in [-0.4, -0.2) is 67.0 Å². The van der Waals surface area contributed by atoms with Crippen molar-refractivity contribution >= 4 is 44.4 Å². The van der Waals surface area contributed by atoms with Gasteiger partial charge in [-0.25, -0.2) is 4.98 Å². The molecular weight excluding hydrogens is 495 g/mol. The smallest absolute Gasteiger partial charge is 0.338 e. The average molecular weight is 520 g/mol. The van der Waals surface area contributed by atoms with Crippen LogP contribution in [0.1, 0.15) is 25.0 Å². The zero-order valence-corrected chi connectivity index (χ0v) is 20.5. The summed E-state index contributed by atoms with van der Waals surface area (Å²) in [5.41, 5.74) is -1.10. The van der Waals surface area contributed by atoms with E-state index < -0.39 is 39.3 Å². The van der Waals surface area contributed by atoms with Crippen LogP contribution in [0.25, 0.3) is 0 Å². The number of aromatic nitrogens is 1. The Kier molecular flexibility index (Phi) is 7.09. The summed E-state index contributed by atoms with van der Waals surface area (Å²) in [5.74, 6) is -0.655. The number of aldehydes is 1. The van der Waals surface area contributed by atoms with Crippen LogP contribution in [0.4, 0.5) is 24.0 Å². The van der Waals surface area contributed by atoms with Crippen molar-refractivity contribution < 1.29 is 31.2 Å². The van der Waals surface area contributed by atoms with Gasteiger partial charge in [0, 0.05) is 37.8 Å². The van der Waals surface area contributed by atoms with Crippen molar-refractivity contribution in [2.75, 3.05) is 30.4 Å². The molecule has 3 rings (SSSR count). The van der Waals surface area contributed by atoms with E-state index >= 15 is 0 Å². The zero-order chi connectivity index (χ0) is 25.5. The van der Waals surface area contributed by atoms with Gasteiger partial charge in [-0.2, -0.15) is 25.9 Å². The Bertz CT molecular complexity index is 1180. The van der Waals surface area contributed by atoms with E-state index in [0.29, 0.717) is 5.56 Å². The van der Waals surface area contributed by atoms with Crippen LogP contribution in [0.2, 0.25) is 0 Å². The Morgan fingerprint density at radius 2 is 2.03 bits per heavy atom. The van der Waals surface area contributed by atoms with E-state index in [2.05, 4.69) is 9.71 Å². The third kappa shape index (κ3) is 5.24. The van der Waals surface area contributed by atoms with E-state index in [1.165, 1.54) is 31.3 Å². The predicted molar refractivity (Wildman–Crippen MR) is 122 cm³/mol. The largest absolute Gasteiger partial charge is 0.417 e. The van der Waals surface area contributed by atoms with Gasteiger partial charge in [-0.15, -0.1) is 11.3 Å². The fraction of sp³-hybridized carbons (Fsp3) is 0.450. The number of nitrogens with zero attached hydrogens (tertiary/aromatic N) is 4. The Hall–Kier alpha value is -2.55. The molecular formula is C20H24F3N5O4S2. The predicted octanol–water partition coefficient (Wildman–Crippen LogP) is 2.58. The Morgan fingerprint density at radius 1 is 1.35 bits per heavy atom. The number of anilines is 2. The van der Waals surface area contributed by atoms with Crippen LogP contribution in [0.15, 0.2) is 29.8 Å². The lowest BCUT2D eigenvalue weighted by Gasteiger charge is -2.34. The summed E-state index contributed by atoms with van der Waals surface area (Å²) in [6, 6.07) is 3.16. The molecule has 34 heavy (non-hydrogen) atoms. The first-order valence-electron chi connectivity index (χ1n) is 9.98.